The summed E-state index contributed by atoms with van der Waals surface area (Å²) in [5.74, 6) is 0.246. The van der Waals surface area contributed by atoms with Crippen molar-refractivity contribution in [3.05, 3.63) is 0 Å². The van der Waals surface area contributed by atoms with Crippen molar-refractivity contribution < 1.29 is 9.53 Å². The maximum absolute atomic E-state index is 11.8. The summed E-state index contributed by atoms with van der Waals surface area (Å²) in [5, 5.41) is 2.91. The van der Waals surface area contributed by atoms with Crippen molar-refractivity contribution in [2.45, 2.75) is 39.7 Å². The second-order valence-electron chi connectivity index (χ2n) is 5.75. The van der Waals surface area contributed by atoms with Crippen molar-refractivity contribution in [2.75, 3.05) is 19.8 Å². The quantitative estimate of drug-likeness (QED) is 0.808. The predicted octanol–water partition coefficient (Wildman–Crippen LogP) is 1.32. The molecule has 0 aromatic rings. The van der Waals surface area contributed by atoms with E-state index in [2.05, 4.69) is 26.1 Å². The molecule has 1 amide bonds. The minimum absolute atomic E-state index is 0. The molecule has 5 heteroatoms. The molecule has 0 bridgehead atoms. The van der Waals surface area contributed by atoms with Gasteiger partial charge in [0.05, 0.1) is 6.04 Å². The Balaban J connectivity index is 0.00000256. The van der Waals surface area contributed by atoms with Crippen LogP contribution in [-0.2, 0) is 9.53 Å². The average molecular weight is 265 g/mol. The van der Waals surface area contributed by atoms with E-state index in [0.29, 0.717) is 6.54 Å². The summed E-state index contributed by atoms with van der Waals surface area (Å²) in [4.78, 5) is 11.8. The summed E-state index contributed by atoms with van der Waals surface area (Å²) in [6.07, 6.45) is 1.79. The van der Waals surface area contributed by atoms with Gasteiger partial charge in [0.2, 0.25) is 5.91 Å². The molecule has 0 saturated carbocycles. The molecule has 1 fully saturated rings. The maximum atomic E-state index is 11.8. The Morgan fingerprint density at radius 3 is 2.41 bits per heavy atom. The molecule has 1 aliphatic heterocycles. The average Bonchev–Trinajstić information content (AvgIpc) is 2.25. The summed E-state index contributed by atoms with van der Waals surface area (Å²) in [5.41, 5.74) is 6.06. The van der Waals surface area contributed by atoms with Gasteiger partial charge in [-0.1, -0.05) is 20.8 Å². The zero-order valence-electron chi connectivity index (χ0n) is 11.0. The van der Waals surface area contributed by atoms with Crippen molar-refractivity contribution >= 4 is 18.3 Å². The molecule has 0 radical (unpaired) electrons. The molecule has 1 aliphatic rings. The van der Waals surface area contributed by atoms with Crippen molar-refractivity contribution in [2.24, 2.45) is 17.1 Å². The monoisotopic (exact) mass is 264 g/mol. The molecule has 1 saturated heterocycles. The number of carbonyl (C=O) groups is 1. The molecule has 0 spiro atoms. The largest absolute Gasteiger partial charge is 0.381 e. The van der Waals surface area contributed by atoms with E-state index >= 15 is 0 Å². The molecule has 1 heterocycles. The zero-order chi connectivity index (χ0) is 12.2. The third-order valence-corrected chi connectivity index (χ3v) is 2.87. The molecule has 1 atom stereocenters. The SMILES string of the molecule is CC(C)(C)CNC(=O)C(N)C1CCOCC1.Cl. The van der Waals surface area contributed by atoms with E-state index in [-0.39, 0.29) is 35.7 Å². The van der Waals surface area contributed by atoms with Crippen LogP contribution in [0.25, 0.3) is 0 Å². The summed E-state index contributed by atoms with van der Waals surface area (Å²) >= 11 is 0. The fourth-order valence-corrected chi connectivity index (χ4v) is 1.76. The van der Waals surface area contributed by atoms with Gasteiger partial charge in [-0.05, 0) is 24.2 Å². The van der Waals surface area contributed by atoms with Crippen LogP contribution in [0, 0.1) is 11.3 Å². The van der Waals surface area contributed by atoms with Gasteiger partial charge < -0.3 is 15.8 Å². The number of hydrogen-bond donors (Lipinski definition) is 2. The lowest BCUT2D eigenvalue weighted by molar-refractivity contribution is -0.124. The van der Waals surface area contributed by atoms with E-state index in [1.54, 1.807) is 0 Å². The van der Waals surface area contributed by atoms with Crippen molar-refractivity contribution in [3.8, 4) is 0 Å². The molecular weight excluding hydrogens is 240 g/mol. The highest BCUT2D eigenvalue weighted by Crippen LogP contribution is 2.18. The van der Waals surface area contributed by atoms with E-state index in [4.69, 9.17) is 10.5 Å². The second-order valence-corrected chi connectivity index (χ2v) is 5.75. The zero-order valence-corrected chi connectivity index (χ0v) is 11.8. The lowest BCUT2D eigenvalue weighted by Gasteiger charge is -2.28. The Morgan fingerprint density at radius 1 is 1.41 bits per heavy atom. The van der Waals surface area contributed by atoms with Crippen LogP contribution in [0.3, 0.4) is 0 Å². The molecule has 102 valence electrons. The van der Waals surface area contributed by atoms with Gasteiger partial charge in [0.25, 0.3) is 0 Å². The molecular formula is C12H25ClN2O2. The van der Waals surface area contributed by atoms with Crippen molar-refractivity contribution in [1.82, 2.24) is 5.32 Å². The molecule has 1 unspecified atom stereocenters. The van der Waals surface area contributed by atoms with Gasteiger partial charge >= 0.3 is 0 Å². The third-order valence-electron chi connectivity index (χ3n) is 2.87. The van der Waals surface area contributed by atoms with Crippen LogP contribution in [0.15, 0.2) is 0 Å². The number of amides is 1. The normalized spacial score (nSPS) is 19.3. The first-order valence-electron chi connectivity index (χ1n) is 6.01. The van der Waals surface area contributed by atoms with Crippen LogP contribution in [0.4, 0.5) is 0 Å². The van der Waals surface area contributed by atoms with Gasteiger partial charge in [-0.25, -0.2) is 0 Å². The molecule has 3 N–H and O–H groups in total. The Morgan fingerprint density at radius 2 is 1.94 bits per heavy atom. The Bertz CT molecular complexity index is 235. The van der Waals surface area contributed by atoms with Crippen LogP contribution in [-0.4, -0.2) is 31.7 Å². The van der Waals surface area contributed by atoms with E-state index < -0.39 is 0 Å². The molecule has 0 aliphatic carbocycles. The standard InChI is InChI=1S/C12H24N2O2.ClH/c1-12(2,3)8-14-11(15)10(13)9-4-6-16-7-5-9;/h9-10H,4-8,13H2,1-3H3,(H,14,15);1H. The fourth-order valence-electron chi connectivity index (χ4n) is 1.76. The van der Waals surface area contributed by atoms with E-state index in [1.807, 2.05) is 0 Å². The first-order valence-corrected chi connectivity index (χ1v) is 6.01. The highest BCUT2D eigenvalue weighted by Gasteiger charge is 2.27. The Labute approximate surface area is 110 Å². The summed E-state index contributed by atoms with van der Waals surface area (Å²) in [6.45, 7) is 8.40. The van der Waals surface area contributed by atoms with Crippen LogP contribution in [0.1, 0.15) is 33.6 Å². The number of ether oxygens (including phenoxy) is 1. The number of nitrogens with one attached hydrogen (secondary N) is 1. The molecule has 4 nitrogen and oxygen atoms in total. The maximum Gasteiger partial charge on any atom is 0.237 e. The summed E-state index contributed by atoms with van der Waals surface area (Å²) in [6, 6.07) is -0.383. The fraction of sp³-hybridized carbons (Fsp3) is 0.917. The number of carbonyl (C=O) groups excluding carboxylic acids is 1. The van der Waals surface area contributed by atoms with Gasteiger partial charge in [-0.3, -0.25) is 4.79 Å². The van der Waals surface area contributed by atoms with Crippen molar-refractivity contribution in [1.29, 1.82) is 0 Å². The number of halogens is 1. The van der Waals surface area contributed by atoms with E-state index in [0.717, 1.165) is 26.1 Å². The molecule has 17 heavy (non-hydrogen) atoms. The third kappa shape index (κ3) is 6.24. The van der Waals surface area contributed by atoms with Crippen molar-refractivity contribution in [3.63, 3.8) is 0 Å². The number of hydrogen-bond acceptors (Lipinski definition) is 3. The van der Waals surface area contributed by atoms with Gasteiger partial charge in [0.1, 0.15) is 0 Å². The Kier molecular flexibility index (Phi) is 7.05. The molecule has 0 aromatic heterocycles. The number of nitrogens with two attached hydrogens (primary N) is 1. The van der Waals surface area contributed by atoms with Crippen LogP contribution in [0.2, 0.25) is 0 Å². The summed E-state index contributed by atoms with van der Waals surface area (Å²) in [7, 11) is 0. The lowest BCUT2D eigenvalue weighted by Crippen LogP contribution is -2.48. The van der Waals surface area contributed by atoms with Gasteiger partial charge in [-0.2, -0.15) is 0 Å². The van der Waals surface area contributed by atoms with E-state index in [9.17, 15) is 4.79 Å². The highest BCUT2D eigenvalue weighted by molar-refractivity contribution is 5.85. The van der Waals surface area contributed by atoms with Gasteiger partial charge in [-0.15, -0.1) is 12.4 Å². The minimum atomic E-state index is -0.383. The first kappa shape index (κ1) is 16.7. The number of rotatable bonds is 3. The van der Waals surface area contributed by atoms with Crippen LogP contribution in [0.5, 0.6) is 0 Å². The second kappa shape index (κ2) is 7.19. The van der Waals surface area contributed by atoms with Crippen LogP contribution < -0.4 is 11.1 Å². The smallest absolute Gasteiger partial charge is 0.237 e. The highest BCUT2D eigenvalue weighted by atomic mass is 35.5. The minimum Gasteiger partial charge on any atom is -0.381 e. The van der Waals surface area contributed by atoms with Gasteiger partial charge in [0, 0.05) is 19.8 Å². The topological polar surface area (TPSA) is 64.4 Å². The van der Waals surface area contributed by atoms with Gasteiger partial charge in [0.15, 0.2) is 0 Å². The summed E-state index contributed by atoms with van der Waals surface area (Å²) < 4.78 is 5.26. The molecule has 0 aromatic carbocycles. The lowest BCUT2D eigenvalue weighted by atomic mass is 9.91. The molecule has 1 rings (SSSR count). The first-order chi connectivity index (χ1) is 7.40. The Hall–Kier alpha value is -0.320. The van der Waals surface area contributed by atoms with E-state index in [1.165, 1.54) is 0 Å². The van der Waals surface area contributed by atoms with Crippen LogP contribution >= 0.6 is 12.4 Å². The predicted molar refractivity (Wildman–Crippen MR) is 71.2 cm³/mol.